The summed E-state index contributed by atoms with van der Waals surface area (Å²) in [7, 11) is -1.11. The first-order valence-corrected chi connectivity index (χ1v) is 12.4. The van der Waals surface area contributed by atoms with E-state index in [1.807, 2.05) is 44.2 Å². The highest BCUT2D eigenvalue weighted by atomic mass is 32.2. The van der Waals surface area contributed by atoms with E-state index in [9.17, 15) is 18.0 Å². The van der Waals surface area contributed by atoms with Crippen LogP contribution in [0.4, 0.5) is 5.69 Å². The van der Waals surface area contributed by atoms with E-state index in [0.29, 0.717) is 5.69 Å². The Kier molecular flexibility index (Phi) is 9.43. The average molecular weight is 475 g/mol. The maximum atomic E-state index is 13.5. The van der Waals surface area contributed by atoms with Crippen molar-refractivity contribution in [3.05, 3.63) is 66.2 Å². The Hall–Kier alpha value is -2.91. The lowest BCUT2D eigenvalue weighted by molar-refractivity contribution is -0.139. The smallest absolute Gasteiger partial charge is 0.304 e. The number of benzene rings is 2. The van der Waals surface area contributed by atoms with Crippen molar-refractivity contribution in [2.45, 2.75) is 45.8 Å². The van der Waals surface area contributed by atoms with Gasteiger partial charge in [-0.25, -0.2) is 4.31 Å². The first-order chi connectivity index (χ1) is 15.6. The largest absolute Gasteiger partial charge is 0.352 e. The fourth-order valence-corrected chi connectivity index (χ4v) is 4.20. The summed E-state index contributed by atoms with van der Waals surface area (Å²) in [6, 6.07) is 17.0. The first kappa shape index (κ1) is 26.3. The Morgan fingerprint density at radius 3 is 2.00 bits per heavy atom. The van der Waals surface area contributed by atoms with Crippen molar-refractivity contribution in [1.82, 2.24) is 14.5 Å². The summed E-state index contributed by atoms with van der Waals surface area (Å²) in [5.74, 6) is -0.754. The minimum atomic E-state index is -3.94. The van der Waals surface area contributed by atoms with Crippen LogP contribution in [0.25, 0.3) is 0 Å². The van der Waals surface area contributed by atoms with Gasteiger partial charge in [-0.2, -0.15) is 12.7 Å². The van der Waals surface area contributed by atoms with Crippen LogP contribution in [-0.4, -0.2) is 62.2 Å². The third-order valence-electron chi connectivity index (χ3n) is 5.43. The first-order valence-electron chi connectivity index (χ1n) is 11.0. The summed E-state index contributed by atoms with van der Waals surface area (Å²) in [4.78, 5) is 27.8. The number of rotatable bonds is 11. The molecule has 2 amide bonds. The molecule has 0 radical (unpaired) electrons. The van der Waals surface area contributed by atoms with Crippen LogP contribution < -0.4 is 9.62 Å². The standard InChI is InChI=1S/C24H34N4O4S/c1-6-19(2)25-24(30)20(3)27(17-21-13-9-7-10-14-21)23(29)18-28(33(31,32)26(4)5)22-15-11-8-12-16-22/h7-16,19-20H,6,17-18H2,1-5H3,(H,25,30)/t19-,20-/m1/s1. The van der Waals surface area contributed by atoms with Crippen LogP contribution in [0.1, 0.15) is 32.8 Å². The minimum absolute atomic E-state index is 0.0384. The average Bonchev–Trinajstić information content (AvgIpc) is 2.81. The fraction of sp³-hybridized carbons (Fsp3) is 0.417. The molecule has 9 heteroatoms. The molecule has 0 aliphatic carbocycles. The normalized spacial score (nSPS) is 13.3. The predicted molar refractivity (Wildman–Crippen MR) is 131 cm³/mol. The van der Waals surface area contributed by atoms with Crippen LogP contribution in [0.2, 0.25) is 0 Å². The number of anilines is 1. The van der Waals surface area contributed by atoms with Crippen LogP contribution in [0.3, 0.4) is 0 Å². The molecule has 2 atom stereocenters. The quantitative estimate of drug-likeness (QED) is 0.542. The molecule has 0 aliphatic rings. The van der Waals surface area contributed by atoms with E-state index in [0.717, 1.165) is 20.6 Å². The summed E-state index contributed by atoms with van der Waals surface area (Å²) in [5.41, 5.74) is 1.21. The SMILES string of the molecule is CC[C@@H](C)NC(=O)[C@@H](C)N(Cc1ccccc1)C(=O)CN(c1ccccc1)S(=O)(=O)N(C)C. The van der Waals surface area contributed by atoms with E-state index in [2.05, 4.69) is 5.32 Å². The van der Waals surface area contributed by atoms with Gasteiger partial charge in [0.1, 0.15) is 12.6 Å². The van der Waals surface area contributed by atoms with Gasteiger partial charge in [0.2, 0.25) is 11.8 Å². The monoisotopic (exact) mass is 474 g/mol. The number of carbonyl (C=O) groups excluding carboxylic acids is 2. The Labute approximate surface area is 197 Å². The van der Waals surface area contributed by atoms with Crippen LogP contribution in [0.5, 0.6) is 0 Å². The summed E-state index contributed by atoms with van der Waals surface area (Å²) < 4.78 is 28.2. The Balaban J connectivity index is 2.39. The molecular formula is C24H34N4O4S. The highest BCUT2D eigenvalue weighted by Gasteiger charge is 2.32. The van der Waals surface area contributed by atoms with Gasteiger partial charge in [0.05, 0.1) is 5.69 Å². The molecule has 0 heterocycles. The third-order valence-corrected chi connectivity index (χ3v) is 7.25. The lowest BCUT2D eigenvalue weighted by Crippen LogP contribution is -2.53. The second-order valence-corrected chi connectivity index (χ2v) is 10.2. The van der Waals surface area contributed by atoms with Crippen molar-refractivity contribution in [1.29, 1.82) is 0 Å². The summed E-state index contributed by atoms with van der Waals surface area (Å²) >= 11 is 0. The summed E-state index contributed by atoms with van der Waals surface area (Å²) in [5, 5.41) is 2.91. The van der Waals surface area contributed by atoms with Gasteiger partial charge in [0, 0.05) is 26.7 Å². The minimum Gasteiger partial charge on any atom is -0.352 e. The molecule has 2 aromatic rings. The van der Waals surface area contributed by atoms with Crippen LogP contribution in [-0.2, 0) is 26.3 Å². The van der Waals surface area contributed by atoms with Gasteiger partial charge in [0.25, 0.3) is 0 Å². The lowest BCUT2D eigenvalue weighted by Gasteiger charge is -2.33. The Bertz CT molecular complexity index is 1010. The number of hydrogen-bond donors (Lipinski definition) is 1. The Morgan fingerprint density at radius 1 is 0.939 bits per heavy atom. The van der Waals surface area contributed by atoms with E-state index in [-0.39, 0.29) is 18.5 Å². The molecule has 0 saturated carbocycles. The zero-order chi connectivity index (χ0) is 24.6. The van der Waals surface area contributed by atoms with E-state index in [1.54, 1.807) is 37.3 Å². The van der Waals surface area contributed by atoms with Crippen molar-refractivity contribution in [2.75, 3.05) is 24.9 Å². The number of nitrogens with one attached hydrogen (secondary N) is 1. The molecule has 0 spiro atoms. The molecule has 33 heavy (non-hydrogen) atoms. The summed E-state index contributed by atoms with van der Waals surface area (Å²) in [6.07, 6.45) is 0.758. The second-order valence-electron chi connectivity index (χ2n) is 8.13. The number of amides is 2. The van der Waals surface area contributed by atoms with Gasteiger partial charge in [-0.1, -0.05) is 55.5 Å². The van der Waals surface area contributed by atoms with Gasteiger partial charge in [-0.3, -0.25) is 9.59 Å². The van der Waals surface area contributed by atoms with Crippen molar-refractivity contribution in [3.63, 3.8) is 0 Å². The molecular weight excluding hydrogens is 440 g/mol. The van der Waals surface area contributed by atoms with Crippen LogP contribution in [0, 0.1) is 0 Å². The number of nitrogens with zero attached hydrogens (tertiary/aromatic N) is 3. The van der Waals surface area contributed by atoms with Crippen molar-refractivity contribution >= 4 is 27.7 Å². The molecule has 180 valence electrons. The van der Waals surface area contributed by atoms with Gasteiger partial charge in [-0.15, -0.1) is 0 Å². The third kappa shape index (κ3) is 7.03. The summed E-state index contributed by atoms with van der Waals surface area (Å²) in [6.45, 7) is 5.27. The van der Waals surface area contributed by atoms with Gasteiger partial charge in [-0.05, 0) is 38.0 Å². The second kappa shape index (κ2) is 11.8. The molecule has 0 aromatic heterocycles. The Morgan fingerprint density at radius 2 is 1.48 bits per heavy atom. The molecule has 0 saturated heterocycles. The van der Waals surface area contributed by atoms with Gasteiger partial charge < -0.3 is 10.2 Å². The van der Waals surface area contributed by atoms with E-state index >= 15 is 0 Å². The molecule has 1 N–H and O–H groups in total. The van der Waals surface area contributed by atoms with Crippen molar-refractivity contribution in [2.24, 2.45) is 0 Å². The molecule has 0 aliphatic heterocycles. The van der Waals surface area contributed by atoms with E-state index < -0.39 is 28.7 Å². The lowest BCUT2D eigenvalue weighted by atomic mass is 10.1. The highest BCUT2D eigenvalue weighted by Crippen LogP contribution is 2.20. The molecule has 8 nitrogen and oxygen atoms in total. The molecule has 0 unspecified atom stereocenters. The van der Waals surface area contributed by atoms with Crippen molar-refractivity contribution < 1.29 is 18.0 Å². The van der Waals surface area contributed by atoms with Gasteiger partial charge in [0.15, 0.2) is 0 Å². The van der Waals surface area contributed by atoms with Crippen LogP contribution in [0.15, 0.2) is 60.7 Å². The zero-order valence-electron chi connectivity index (χ0n) is 19.9. The number of hydrogen-bond acceptors (Lipinski definition) is 4. The fourth-order valence-electron chi connectivity index (χ4n) is 3.14. The molecule has 2 rings (SSSR count). The predicted octanol–water partition coefficient (Wildman–Crippen LogP) is 2.63. The van der Waals surface area contributed by atoms with Crippen molar-refractivity contribution in [3.8, 4) is 0 Å². The molecule has 0 bridgehead atoms. The maximum absolute atomic E-state index is 13.5. The highest BCUT2D eigenvalue weighted by molar-refractivity contribution is 7.90. The number of para-hydroxylation sites is 1. The van der Waals surface area contributed by atoms with Crippen LogP contribution >= 0.6 is 0 Å². The van der Waals surface area contributed by atoms with E-state index in [1.165, 1.54) is 19.0 Å². The topological polar surface area (TPSA) is 90.0 Å². The molecule has 2 aromatic carbocycles. The molecule has 0 fully saturated rings. The number of carbonyl (C=O) groups is 2. The van der Waals surface area contributed by atoms with Gasteiger partial charge >= 0.3 is 10.2 Å². The van der Waals surface area contributed by atoms with E-state index in [4.69, 9.17) is 0 Å². The maximum Gasteiger partial charge on any atom is 0.304 e. The zero-order valence-corrected chi connectivity index (χ0v) is 20.7.